The van der Waals surface area contributed by atoms with Gasteiger partial charge in [-0.05, 0) is 56.3 Å². The summed E-state index contributed by atoms with van der Waals surface area (Å²) in [5, 5.41) is 3.60. The first-order valence-electron chi connectivity index (χ1n) is 7.28. The number of methoxy groups -OCH3 is 1. The molecule has 1 aromatic carbocycles. The lowest BCUT2D eigenvalue weighted by Gasteiger charge is -2.36. The van der Waals surface area contributed by atoms with Crippen molar-refractivity contribution < 1.29 is 9.47 Å². The van der Waals surface area contributed by atoms with Crippen LogP contribution in [0.1, 0.15) is 37.7 Å². The summed E-state index contributed by atoms with van der Waals surface area (Å²) in [6, 6.07) is 9.17. The van der Waals surface area contributed by atoms with E-state index >= 15 is 0 Å². The summed E-state index contributed by atoms with van der Waals surface area (Å²) in [4.78, 5) is 0. The summed E-state index contributed by atoms with van der Waals surface area (Å²) in [6.07, 6.45) is 3.61. The van der Waals surface area contributed by atoms with E-state index in [4.69, 9.17) is 9.47 Å². The molecule has 106 valence electrons. The van der Waals surface area contributed by atoms with E-state index in [1.54, 1.807) is 7.11 Å². The second-order valence-electron chi connectivity index (χ2n) is 5.14. The SMILES string of the molecule is CCOCCCNC1CC(c2ccc(OC)cc2)C1. The van der Waals surface area contributed by atoms with Gasteiger partial charge in [-0.2, -0.15) is 0 Å². The van der Waals surface area contributed by atoms with E-state index in [0.717, 1.165) is 37.8 Å². The van der Waals surface area contributed by atoms with Gasteiger partial charge >= 0.3 is 0 Å². The van der Waals surface area contributed by atoms with Gasteiger partial charge in [0.05, 0.1) is 7.11 Å². The van der Waals surface area contributed by atoms with E-state index in [1.807, 2.05) is 6.92 Å². The monoisotopic (exact) mass is 263 g/mol. The Bertz CT molecular complexity index is 358. The average molecular weight is 263 g/mol. The first-order chi connectivity index (χ1) is 9.33. The van der Waals surface area contributed by atoms with Crippen LogP contribution in [0.2, 0.25) is 0 Å². The second-order valence-corrected chi connectivity index (χ2v) is 5.14. The largest absolute Gasteiger partial charge is 0.497 e. The Hall–Kier alpha value is -1.06. The lowest BCUT2D eigenvalue weighted by molar-refractivity contribution is 0.142. The zero-order valence-corrected chi connectivity index (χ0v) is 12.0. The third kappa shape index (κ3) is 4.22. The molecule has 0 amide bonds. The average Bonchev–Trinajstić information content (AvgIpc) is 2.41. The number of hydrogen-bond donors (Lipinski definition) is 1. The molecular formula is C16H25NO2. The lowest BCUT2D eigenvalue weighted by Crippen LogP contribution is -2.40. The number of rotatable bonds is 8. The molecular weight excluding hydrogens is 238 g/mol. The van der Waals surface area contributed by atoms with E-state index in [-0.39, 0.29) is 0 Å². The summed E-state index contributed by atoms with van der Waals surface area (Å²) in [6.45, 7) is 4.81. The summed E-state index contributed by atoms with van der Waals surface area (Å²) >= 11 is 0. The maximum absolute atomic E-state index is 5.33. The van der Waals surface area contributed by atoms with Gasteiger partial charge in [0.1, 0.15) is 5.75 Å². The molecule has 0 saturated heterocycles. The molecule has 0 aromatic heterocycles. The van der Waals surface area contributed by atoms with Crippen molar-refractivity contribution in [3.8, 4) is 5.75 Å². The zero-order chi connectivity index (χ0) is 13.5. The van der Waals surface area contributed by atoms with E-state index < -0.39 is 0 Å². The van der Waals surface area contributed by atoms with Crippen LogP contribution in [-0.2, 0) is 4.74 Å². The van der Waals surface area contributed by atoms with Crippen molar-refractivity contribution in [2.45, 2.75) is 38.1 Å². The predicted molar refractivity (Wildman–Crippen MR) is 77.9 cm³/mol. The summed E-state index contributed by atoms with van der Waals surface area (Å²) < 4.78 is 10.5. The first kappa shape index (κ1) is 14.4. The summed E-state index contributed by atoms with van der Waals surface area (Å²) in [5.74, 6) is 1.66. The van der Waals surface area contributed by atoms with Gasteiger partial charge in [0.15, 0.2) is 0 Å². The van der Waals surface area contributed by atoms with Crippen molar-refractivity contribution in [2.24, 2.45) is 0 Å². The van der Waals surface area contributed by atoms with Crippen LogP contribution in [0.15, 0.2) is 24.3 Å². The van der Waals surface area contributed by atoms with Gasteiger partial charge in [0.2, 0.25) is 0 Å². The molecule has 0 spiro atoms. The van der Waals surface area contributed by atoms with Crippen molar-refractivity contribution in [2.75, 3.05) is 26.9 Å². The molecule has 1 aromatic rings. The number of benzene rings is 1. The summed E-state index contributed by atoms with van der Waals surface area (Å²) in [7, 11) is 1.71. The lowest BCUT2D eigenvalue weighted by atomic mass is 9.76. The van der Waals surface area contributed by atoms with Crippen LogP contribution >= 0.6 is 0 Å². The fourth-order valence-electron chi connectivity index (χ4n) is 2.56. The number of nitrogens with one attached hydrogen (secondary N) is 1. The Morgan fingerprint density at radius 2 is 1.95 bits per heavy atom. The van der Waals surface area contributed by atoms with Gasteiger partial charge < -0.3 is 14.8 Å². The van der Waals surface area contributed by atoms with Crippen LogP contribution in [-0.4, -0.2) is 32.9 Å². The highest BCUT2D eigenvalue weighted by molar-refractivity contribution is 5.30. The minimum Gasteiger partial charge on any atom is -0.497 e. The Morgan fingerprint density at radius 3 is 2.58 bits per heavy atom. The standard InChI is InChI=1S/C16H25NO2/c1-3-19-10-4-9-17-15-11-14(12-15)13-5-7-16(18-2)8-6-13/h5-8,14-15,17H,3-4,9-12H2,1-2H3. The molecule has 1 saturated carbocycles. The highest BCUT2D eigenvalue weighted by atomic mass is 16.5. The topological polar surface area (TPSA) is 30.5 Å². The third-order valence-electron chi connectivity index (χ3n) is 3.83. The first-order valence-corrected chi connectivity index (χ1v) is 7.28. The van der Waals surface area contributed by atoms with Crippen LogP contribution in [0.3, 0.4) is 0 Å². The van der Waals surface area contributed by atoms with Gasteiger partial charge in [-0.15, -0.1) is 0 Å². The molecule has 0 aliphatic heterocycles. The normalized spacial score (nSPS) is 22.0. The maximum atomic E-state index is 5.33. The van der Waals surface area contributed by atoms with Crippen molar-refractivity contribution in [3.05, 3.63) is 29.8 Å². The van der Waals surface area contributed by atoms with Crippen molar-refractivity contribution in [3.63, 3.8) is 0 Å². The zero-order valence-electron chi connectivity index (χ0n) is 12.0. The Morgan fingerprint density at radius 1 is 1.21 bits per heavy atom. The van der Waals surface area contributed by atoms with Crippen LogP contribution in [0, 0.1) is 0 Å². The van der Waals surface area contributed by atoms with Gasteiger partial charge in [-0.1, -0.05) is 12.1 Å². The second kappa shape index (κ2) is 7.51. The molecule has 2 rings (SSSR count). The Balaban J connectivity index is 1.62. The maximum Gasteiger partial charge on any atom is 0.118 e. The fraction of sp³-hybridized carbons (Fsp3) is 0.625. The molecule has 3 heteroatoms. The summed E-state index contributed by atoms with van der Waals surface area (Å²) in [5.41, 5.74) is 1.44. The molecule has 0 radical (unpaired) electrons. The van der Waals surface area contributed by atoms with E-state index in [9.17, 15) is 0 Å². The Labute approximate surface area is 116 Å². The minimum absolute atomic E-state index is 0.689. The minimum atomic E-state index is 0.689. The molecule has 3 nitrogen and oxygen atoms in total. The molecule has 0 bridgehead atoms. The molecule has 1 aliphatic rings. The molecule has 0 atom stereocenters. The number of hydrogen-bond acceptors (Lipinski definition) is 3. The van der Waals surface area contributed by atoms with Crippen molar-refractivity contribution in [1.29, 1.82) is 0 Å². The Kier molecular flexibility index (Phi) is 5.67. The molecule has 1 fully saturated rings. The highest BCUT2D eigenvalue weighted by Gasteiger charge is 2.29. The molecule has 19 heavy (non-hydrogen) atoms. The molecule has 0 heterocycles. The van der Waals surface area contributed by atoms with Crippen LogP contribution in [0.4, 0.5) is 0 Å². The fourth-order valence-corrected chi connectivity index (χ4v) is 2.56. The van der Waals surface area contributed by atoms with Crippen molar-refractivity contribution in [1.82, 2.24) is 5.32 Å². The van der Waals surface area contributed by atoms with E-state index in [0.29, 0.717) is 6.04 Å². The highest BCUT2D eigenvalue weighted by Crippen LogP contribution is 2.37. The van der Waals surface area contributed by atoms with Crippen LogP contribution in [0.25, 0.3) is 0 Å². The molecule has 1 aliphatic carbocycles. The third-order valence-corrected chi connectivity index (χ3v) is 3.83. The molecule has 1 N–H and O–H groups in total. The molecule has 0 unspecified atom stereocenters. The van der Waals surface area contributed by atoms with E-state index in [2.05, 4.69) is 29.6 Å². The predicted octanol–water partition coefficient (Wildman–Crippen LogP) is 2.96. The van der Waals surface area contributed by atoms with Gasteiger partial charge in [0, 0.05) is 19.3 Å². The smallest absolute Gasteiger partial charge is 0.118 e. The van der Waals surface area contributed by atoms with Gasteiger partial charge in [-0.25, -0.2) is 0 Å². The van der Waals surface area contributed by atoms with E-state index in [1.165, 1.54) is 18.4 Å². The quantitative estimate of drug-likeness (QED) is 0.731. The van der Waals surface area contributed by atoms with Crippen molar-refractivity contribution >= 4 is 0 Å². The van der Waals surface area contributed by atoms with Crippen LogP contribution in [0.5, 0.6) is 5.75 Å². The number of ether oxygens (including phenoxy) is 2. The van der Waals surface area contributed by atoms with Crippen LogP contribution < -0.4 is 10.1 Å². The van der Waals surface area contributed by atoms with Gasteiger partial charge in [0.25, 0.3) is 0 Å². The van der Waals surface area contributed by atoms with Gasteiger partial charge in [-0.3, -0.25) is 0 Å².